The number of halogens is 1. The highest BCUT2D eigenvalue weighted by Gasteiger charge is 2.00. The van der Waals surface area contributed by atoms with Crippen molar-refractivity contribution in [3.8, 4) is 0 Å². The second-order valence-corrected chi connectivity index (χ2v) is 4.57. The first-order valence-corrected chi connectivity index (χ1v) is 6.02. The summed E-state index contributed by atoms with van der Waals surface area (Å²) >= 11 is 3.47. The van der Waals surface area contributed by atoms with E-state index in [0.29, 0.717) is 5.95 Å². The minimum Gasteiger partial charge on any atom is -0.357 e. The van der Waals surface area contributed by atoms with Crippen LogP contribution in [-0.4, -0.2) is 17.0 Å². The Balaban J connectivity index is 2.24. The van der Waals surface area contributed by atoms with Crippen LogP contribution in [0.3, 0.4) is 0 Å². The van der Waals surface area contributed by atoms with Gasteiger partial charge in [-0.3, -0.25) is 0 Å². The summed E-state index contributed by atoms with van der Waals surface area (Å²) in [5.41, 5.74) is 2.18. The third kappa shape index (κ3) is 3.17. The van der Waals surface area contributed by atoms with Gasteiger partial charge in [0, 0.05) is 23.4 Å². The standard InChI is InChI=1S/C12H13BrN4/c1-8-5-9(13)7-10(6-8)16-11-3-4-15-12(14-2)17-11/h3-7H,1-2H3,(H2,14,15,16,17). The monoisotopic (exact) mass is 292 g/mol. The molecule has 0 aliphatic carbocycles. The first-order valence-electron chi connectivity index (χ1n) is 5.22. The molecule has 0 aliphatic heterocycles. The predicted molar refractivity (Wildman–Crippen MR) is 73.7 cm³/mol. The maximum atomic E-state index is 4.30. The molecule has 0 saturated heterocycles. The van der Waals surface area contributed by atoms with Crippen LogP contribution in [0.5, 0.6) is 0 Å². The van der Waals surface area contributed by atoms with Crippen LogP contribution in [-0.2, 0) is 0 Å². The van der Waals surface area contributed by atoms with E-state index >= 15 is 0 Å². The second-order valence-electron chi connectivity index (χ2n) is 3.66. The molecule has 0 fully saturated rings. The Kier molecular flexibility index (Phi) is 3.58. The Morgan fingerprint density at radius 3 is 2.76 bits per heavy atom. The minimum atomic E-state index is 0.599. The zero-order valence-electron chi connectivity index (χ0n) is 9.66. The van der Waals surface area contributed by atoms with Crippen molar-refractivity contribution in [3.63, 3.8) is 0 Å². The Bertz CT molecular complexity index is 507. The summed E-state index contributed by atoms with van der Waals surface area (Å²) in [6, 6.07) is 7.96. The Morgan fingerprint density at radius 2 is 2.06 bits per heavy atom. The quantitative estimate of drug-likeness (QED) is 0.911. The molecule has 0 saturated carbocycles. The van der Waals surface area contributed by atoms with Crippen LogP contribution in [0.1, 0.15) is 5.56 Å². The average Bonchev–Trinajstić information content (AvgIpc) is 2.28. The number of aryl methyl sites for hydroxylation is 1. The lowest BCUT2D eigenvalue weighted by Gasteiger charge is -2.08. The van der Waals surface area contributed by atoms with E-state index in [4.69, 9.17) is 0 Å². The average molecular weight is 293 g/mol. The number of nitrogens with one attached hydrogen (secondary N) is 2. The zero-order valence-corrected chi connectivity index (χ0v) is 11.2. The van der Waals surface area contributed by atoms with Gasteiger partial charge >= 0.3 is 0 Å². The van der Waals surface area contributed by atoms with Gasteiger partial charge in [0.1, 0.15) is 5.82 Å². The third-order valence-corrected chi connectivity index (χ3v) is 2.65. The van der Waals surface area contributed by atoms with Gasteiger partial charge in [0.2, 0.25) is 5.95 Å². The van der Waals surface area contributed by atoms with Crippen LogP contribution in [0.25, 0.3) is 0 Å². The molecular formula is C12H13BrN4. The van der Waals surface area contributed by atoms with Crippen molar-refractivity contribution in [2.75, 3.05) is 17.7 Å². The Morgan fingerprint density at radius 1 is 1.24 bits per heavy atom. The number of anilines is 3. The first kappa shape index (κ1) is 11.9. The van der Waals surface area contributed by atoms with Gasteiger partial charge in [-0.25, -0.2) is 4.98 Å². The molecule has 2 rings (SSSR count). The van der Waals surface area contributed by atoms with Gasteiger partial charge in [-0.15, -0.1) is 0 Å². The molecular weight excluding hydrogens is 280 g/mol. The number of benzene rings is 1. The van der Waals surface area contributed by atoms with Gasteiger partial charge in [-0.1, -0.05) is 15.9 Å². The molecule has 0 unspecified atom stereocenters. The summed E-state index contributed by atoms with van der Waals surface area (Å²) in [7, 11) is 1.79. The van der Waals surface area contributed by atoms with Crippen LogP contribution in [0.4, 0.5) is 17.5 Å². The molecule has 0 spiro atoms. The van der Waals surface area contributed by atoms with Crippen molar-refractivity contribution in [1.82, 2.24) is 9.97 Å². The highest BCUT2D eigenvalue weighted by Crippen LogP contribution is 2.21. The van der Waals surface area contributed by atoms with Crippen molar-refractivity contribution < 1.29 is 0 Å². The molecule has 2 N–H and O–H groups in total. The van der Waals surface area contributed by atoms with Crippen LogP contribution in [0.15, 0.2) is 34.9 Å². The maximum Gasteiger partial charge on any atom is 0.224 e. The minimum absolute atomic E-state index is 0.599. The topological polar surface area (TPSA) is 49.8 Å². The molecule has 1 aromatic heterocycles. The van der Waals surface area contributed by atoms with E-state index in [1.807, 2.05) is 12.1 Å². The van der Waals surface area contributed by atoms with Crippen molar-refractivity contribution >= 4 is 33.4 Å². The molecule has 5 heteroatoms. The summed E-state index contributed by atoms with van der Waals surface area (Å²) in [4.78, 5) is 8.36. The highest BCUT2D eigenvalue weighted by molar-refractivity contribution is 9.10. The largest absolute Gasteiger partial charge is 0.357 e. The van der Waals surface area contributed by atoms with E-state index in [9.17, 15) is 0 Å². The van der Waals surface area contributed by atoms with Gasteiger partial charge < -0.3 is 10.6 Å². The first-order chi connectivity index (χ1) is 8.17. The second kappa shape index (κ2) is 5.14. The van der Waals surface area contributed by atoms with E-state index in [1.54, 1.807) is 13.2 Å². The fourth-order valence-corrected chi connectivity index (χ4v) is 2.11. The van der Waals surface area contributed by atoms with Crippen molar-refractivity contribution in [2.24, 2.45) is 0 Å². The lowest BCUT2D eigenvalue weighted by atomic mass is 10.2. The van der Waals surface area contributed by atoms with Crippen LogP contribution < -0.4 is 10.6 Å². The summed E-state index contributed by atoms with van der Waals surface area (Å²) in [6.45, 7) is 2.05. The summed E-state index contributed by atoms with van der Waals surface area (Å²) in [6.07, 6.45) is 1.71. The molecule has 0 atom stereocenters. The number of hydrogen-bond acceptors (Lipinski definition) is 4. The van der Waals surface area contributed by atoms with Gasteiger partial charge in [0.25, 0.3) is 0 Å². The van der Waals surface area contributed by atoms with Crippen LogP contribution >= 0.6 is 15.9 Å². The summed E-state index contributed by atoms with van der Waals surface area (Å²) in [5.74, 6) is 1.36. The smallest absolute Gasteiger partial charge is 0.224 e. The normalized spacial score (nSPS) is 10.1. The molecule has 0 bridgehead atoms. The van der Waals surface area contributed by atoms with Crippen LogP contribution in [0.2, 0.25) is 0 Å². The molecule has 1 heterocycles. The maximum absolute atomic E-state index is 4.30. The Labute approximate surface area is 109 Å². The molecule has 1 aromatic carbocycles. The lowest BCUT2D eigenvalue weighted by molar-refractivity contribution is 1.15. The van der Waals surface area contributed by atoms with E-state index in [-0.39, 0.29) is 0 Å². The fraction of sp³-hybridized carbons (Fsp3) is 0.167. The van der Waals surface area contributed by atoms with Gasteiger partial charge in [-0.2, -0.15) is 4.98 Å². The van der Waals surface area contributed by atoms with Crippen molar-refractivity contribution in [3.05, 3.63) is 40.5 Å². The lowest BCUT2D eigenvalue weighted by Crippen LogP contribution is -1.99. The van der Waals surface area contributed by atoms with Gasteiger partial charge in [0.05, 0.1) is 0 Å². The molecule has 88 valence electrons. The molecule has 0 radical (unpaired) electrons. The van der Waals surface area contributed by atoms with E-state index in [0.717, 1.165) is 16.0 Å². The summed E-state index contributed by atoms with van der Waals surface area (Å²) < 4.78 is 1.04. The van der Waals surface area contributed by atoms with Gasteiger partial charge in [0.15, 0.2) is 0 Å². The molecule has 2 aromatic rings. The van der Waals surface area contributed by atoms with Crippen LogP contribution in [0, 0.1) is 6.92 Å². The molecule has 0 amide bonds. The predicted octanol–water partition coefficient (Wildman–Crippen LogP) is 3.33. The number of nitrogens with zero attached hydrogens (tertiary/aromatic N) is 2. The number of hydrogen-bond donors (Lipinski definition) is 2. The van der Waals surface area contributed by atoms with E-state index < -0.39 is 0 Å². The van der Waals surface area contributed by atoms with Crippen molar-refractivity contribution in [2.45, 2.75) is 6.92 Å². The Hall–Kier alpha value is -1.62. The van der Waals surface area contributed by atoms with Crippen molar-refractivity contribution in [1.29, 1.82) is 0 Å². The highest BCUT2D eigenvalue weighted by atomic mass is 79.9. The zero-order chi connectivity index (χ0) is 12.3. The molecule has 0 aliphatic rings. The summed E-state index contributed by atoms with van der Waals surface area (Å²) in [5, 5.41) is 6.14. The van der Waals surface area contributed by atoms with E-state index in [2.05, 4.69) is 55.6 Å². The number of aromatic nitrogens is 2. The number of rotatable bonds is 3. The van der Waals surface area contributed by atoms with Gasteiger partial charge in [-0.05, 0) is 36.8 Å². The molecule has 17 heavy (non-hydrogen) atoms. The molecule has 4 nitrogen and oxygen atoms in total. The third-order valence-electron chi connectivity index (χ3n) is 2.19. The fourth-order valence-electron chi connectivity index (χ4n) is 1.51. The van der Waals surface area contributed by atoms with E-state index in [1.165, 1.54) is 5.56 Å². The SMILES string of the molecule is CNc1nccc(Nc2cc(C)cc(Br)c2)n1.